The first-order chi connectivity index (χ1) is 9.99. The van der Waals surface area contributed by atoms with Gasteiger partial charge < -0.3 is 4.57 Å². The van der Waals surface area contributed by atoms with Gasteiger partial charge in [-0.15, -0.1) is 0 Å². The molecule has 0 spiro atoms. The number of hydrogen-bond donors (Lipinski definition) is 1. The van der Waals surface area contributed by atoms with Crippen molar-refractivity contribution in [2.45, 2.75) is 26.8 Å². The summed E-state index contributed by atoms with van der Waals surface area (Å²) in [5.41, 5.74) is 2.73. The van der Waals surface area contributed by atoms with Gasteiger partial charge in [0.05, 0.1) is 0 Å². The van der Waals surface area contributed by atoms with Gasteiger partial charge >= 0.3 is 0 Å². The largest absolute Gasteiger partial charge is 0.347 e. The molecule has 0 radical (unpaired) electrons. The van der Waals surface area contributed by atoms with Crippen molar-refractivity contribution < 1.29 is 0 Å². The number of fused-ring (bicyclic) bond motifs is 1. The molecule has 0 amide bonds. The number of nitrogens with one attached hydrogen (secondary N) is 1. The molecule has 3 nitrogen and oxygen atoms in total. The minimum Gasteiger partial charge on any atom is -0.347 e. The number of nitrogens with zero attached hydrogens (tertiary/aromatic N) is 2. The van der Waals surface area contributed by atoms with Crippen LogP contribution >= 0.6 is 28.1 Å². The van der Waals surface area contributed by atoms with Crippen LogP contribution in [0.3, 0.4) is 0 Å². The normalized spacial score (nSPS) is 12.0. The molecule has 2 aromatic rings. The first-order valence-corrected chi connectivity index (χ1v) is 8.89. The molecule has 1 aromatic heterocycles. The lowest BCUT2D eigenvalue weighted by Crippen LogP contribution is -2.15. The van der Waals surface area contributed by atoms with Crippen molar-refractivity contribution in [3.05, 3.63) is 34.4 Å². The van der Waals surface area contributed by atoms with Crippen LogP contribution in [0.5, 0.6) is 0 Å². The van der Waals surface area contributed by atoms with Crippen LogP contribution in [0.2, 0.25) is 0 Å². The second kappa shape index (κ2) is 7.68. The Labute approximate surface area is 140 Å². The molecule has 5 heteroatoms. The molecule has 2 rings (SSSR count). The average molecular weight is 370 g/mol. The van der Waals surface area contributed by atoms with Crippen LogP contribution in [-0.4, -0.2) is 29.5 Å². The maximum atomic E-state index is 3.71. The van der Waals surface area contributed by atoms with E-state index >= 15 is 0 Å². The van der Waals surface area contributed by atoms with Crippen molar-refractivity contribution in [3.63, 3.8) is 0 Å². The molecule has 0 aliphatic carbocycles. The molecule has 0 aliphatic rings. The third-order valence-corrected chi connectivity index (χ3v) is 4.60. The van der Waals surface area contributed by atoms with Crippen molar-refractivity contribution in [1.29, 1.82) is 0 Å². The third-order valence-electron chi connectivity index (χ3n) is 3.24. The Balaban J connectivity index is 2.22. The zero-order valence-electron chi connectivity index (χ0n) is 13.2. The zero-order valence-corrected chi connectivity index (χ0v) is 15.6. The van der Waals surface area contributed by atoms with E-state index in [0.29, 0.717) is 5.92 Å². The average Bonchev–Trinajstić information content (AvgIpc) is 2.73. The molecule has 0 fully saturated rings. The van der Waals surface area contributed by atoms with Gasteiger partial charge in [-0.05, 0) is 44.1 Å². The molecule has 0 saturated heterocycles. The van der Waals surface area contributed by atoms with E-state index in [1.165, 1.54) is 20.9 Å². The van der Waals surface area contributed by atoms with Crippen LogP contribution in [0.25, 0.3) is 10.9 Å². The van der Waals surface area contributed by atoms with E-state index in [0.717, 1.165) is 19.5 Å². The summed E-state index contributed by atoms with van der Waals surface area (Å²) in [7, 11) is 4.09. The van der Waals surface area contributed by atoms with Crippen molar-refractivity contribution in [3.8, 4) is 0 Å². The molecule has 0 unspecified atom stereocenters. The maximum Gasteiger partial charge on any atom is 0.0494 e. The highest BCUT2D eigenvalue weighted by atomic mass is 79.9. The fraction of sp³-hybridized carbons (Fsp3) is 0.500. The molecule has 1 heterocycles. The molecule has 0 aliphatic heterocycles. The molecular formula is C16H24BrN3S. The Kier molecular flexibility index (Phi) is 6.17. The van der Waals surface area contributed by atoms with Gasteiger partial charge in [-0.2, -0.15) is 0 Å². The summed E-state index contributed by atoms with van der Waals surface area (Å²) in [4.78, 5) is 0. The highest BCUT2D eigenvalue weighted by Crippen LogP contribution is 2.30. The predicted octanol–water partition coefficient (Wildman–Crippen LogP) is 4.32. The molecule has 1 N–H and O–H groups in total. The monoisotopic (exact) mass is 369 g/mol. The lowest BCUT2D eigenvalue weighted by atomic mass is 10.1. The molecule has 1 aromatic carbocycles. The number of aromatic nitrogens is 1. The maximum absolute atomic E-state index is 3.71. The SMILES string of the molecule is CC(C)Cn1cc(CCNSN(C)C)c2c(Br)cccc21. The lowest BCUT2D eigenvalue weighted by Gasteiger charge is -2.08. The van der Waals surface area contributed by atoms with Crippen molar-refractivity contribution in [2.24, 2.45) is 5.92 Å². The standard InChI is InChI=1S/C16H24BrN3S/c1-12(2)10-20-11-13(8-9-18-21-19(3)4)16-14(17)6-5-7-15(16)20/h5-7,11-12,18H,8-10H2,1-4H3. The predicted molar refractivity (Wildman–Crippen MR) is 97.5 cm³/mol. The fourth-order valence-corrected chi connectivity index (χ4v) is 3.55. The Hall–Kier alpha value is -0.490. The Morgan fingerprint density at radius 2 is 2.10 bits per heavy atom. The Bertz CT molecular complexity index is 592. The van der Waals surface area contributed by atoms with Gasteiger partial charge in [-0.1, -0.05) is 35.8 Å². The molecule has 0 bridgehead atoms. The summed E-state index contributed by atoms with van der Waals surface area (Å²) in [6.45, 7) is 6.55. The van der Waals surface area contributed by atoms with Crippen molar-refractivity contribution in [2.75, 3.05) is 20.6 Å². The first-order valence-electron chi connectivity index (χ1n) is 7.32. The van der Waals surface area contributed by atoms with E-state index < -0.39 is 0 Å². The molecular weight excluding hydrogens is 346 g/mol. The van der Waals surface area contributed by atoms with Crippen LogP contribution in [-0.2, 0) is 13.0 Å². The van der Waals surface area contributed by atoms with E-state index in [1.807, 2.05) is 14.1 Å². The van der Waals surface area contributed by atoms with Crippen LogP contribution in [0.4, 0.5) is 0 Å². The van der Waals surface area contributed by atoms with Crippen molar-refractivity contribution >= 4 is 39.0 Å². The van der Waals surface area contributed by atoms with E-state index in [9.17, 15) is 0 Å². The summed E-state index contributed by atoms with van der Waals surface area (Å²) in [5, 5.41) is 1.36. The number of rotatable bonds is 7. The summed E-state index contributed by atoms with van der Waals surface area (Å²) < 4.78 is 9.03. The quantitative estimate of drug-likeness (QED) is 0.579. The zero-order chi connectivity index (χ0) is 15.4. The summed E-state index contributed by atoms with van der Waals surface area (Å²) in [6, 6.07) is 6.47. The van der Waals surface area contributed by atoms with Gasteiger partial charge in [-0.3, -0.25) is 4.72 Å². The second-order valence-electron chi connectivity index (χ2n) is 5.88. The number of hydrogen-bond acceptors (Lipinski definition) is 3. The smallest absolute Gasteiger partial charge is 0.0494 e. The summed E-state index contributed by atoms with van der Waals surface area (Å²) in [5.74, 6) is 0.648. The lowest BCUT2D eigenvalue weighted by molar-refractivity contribution is 0.534. The van der Waals surface area contributed by atoms with Gasteiger partial charge in [-0.25, -0.2) is 4.31 Å². The van der Waals surface area contributed by atoms with Crippen molar-refractivity contribution in [1.82, 2.24) is 13.6 Å². The minimum absolute atomic E-state index is 0.648. The van der Waals surface area contributed by atoms with Gasteiger partial charge in [0.2, 0.25) is 0 Å². The van der Waals surface area contributed by atoms with E-state index in [1.54, 1.807) is 12.1 Å². The molecule has 116 valence electrons. The number of halogens is 1. The molecule has 0 saturated carbocycles. The van der Waals surface area contributed by atoms with Gasteiger partial charge in [0.15, 0.2) is 0 Å². The molecule has 0 atom stereocenters. The molecule has 21 heavy (non-hydrogen) atoms. The van der Waals surface area contributed by atoms with E-state index in [2.05, 4.69) is 67.8 Å². The second-order valence-corrected chi connectivity index (χ2v) is 7.94. The van der Waals surface area contributed by atoms with Crippen LogP contribution in [0.1, 0.15) is 19.4 Å². The van der Waals surface area contributed by atoms with Gasteiger partial charge in [0.25, 0.3) is 0 Å². The van der Waals surface area contributed by atoms with E-state index in [4.69, 9.17) is 0 Å². The van der Waals surface area contributed by atoms with Gasteiger partial charge in [0.1, 0.15) is 0 Å². The number of benzene rings is 1. The Morgan fingerprint density at radius 1 is 1.33 bits per heavy atom. The first kappa shape index (κ1) is 16.9. The van der Waals surface area contributed by atoms with Crippen LogP contribution < -0.4 is 4.72 Å². The summed E-state index contributed by atoms with van der Waals surface area (Å²) in [6.07, 6.45) is 3.35. The minimum atomic E-state index is 0.648. The van der Waals surface area contributed by atoms with Gasteiger partial charge in [0, 0.05) is 46.8 Å². The third kappa shape index (κ3) is 4.49. The fourth-order valence-electron chi connectivity index (χ4n) is 2.49. The van der Waals surface area contributed by atoms with Crippen LogP contribution in [0.15, 0.2) is 28.9 Å². The highest BCUT2D eigenvalue weighted by molar-refractivity contribution is 9.10. The highest BCUT2D eigenvalue weighted by Gasteiger charge is 2.11. The summed E-state index contributed by atoms with van der Waals surface area (Å²) >= 11 is 5.35. The van der Waals surface area contributed by atoms with Crippen LogP contribution in [0, 0.1) is 5.92 Å². The Morgan fingerprint density at radius 3 is 2.76 bits per heavy atom. The topological polar surface area (TPSA) is 20.2 Å². The van der Waals surface area contributed by atoms with E-state index in [-0.39, 0.29) is 0 Å².